The monoisotopic (exact) mass is 243 g/mol. The van der Waals surface area contributed by atoms with Gasteiger partial charge in [0.25, 0.3) is 0 Å². The molecule has 2 rings (SSSR count). The molecule has 0 bridgehead atoms. The number of nitrogens with one attached hydrogen (secondary N) is 1. The van der Waals surface area contributed by atoms with Crippen LogP contribution in [-0.2, 0) is 0 Å². The summed E-state index contributed by atoms with van der Waals surface area (Å²) in [7, 11) is 0. The Hall–Kier alpha value is -0.0500. The smallest absolute Gasteiger partial charge is 0.0561 e. The van der Waals surface area contributed by atoms with Gasteiger partial charge in [-0.3, -0.25) is 0 Å². The summed E-state index contributed by atoms with van der Waals surface area (Å²) in [6.45, 7) is 5.62. The Kier molecular flexibility index (Phi) is 3.70. The molecule has 1 aliphatic carbocycles. The van der Waals surface area contributed by atoms with E-state index in [1.54, 1.807) is 11.3 Å². The molecule has 1 aliphatic rings. The Labute approximate surface area is 101 Å². The number of halogens is 1. The van der Waals surface area contributed by atoms with Crippen LogP contribution < -0.4 is 5.32 Å². The third-order valence-electron chi connectivity index (χ3n) is 3.14. The van der Waals surface area contributed by atoms with E-state index in [1.807, 2.05) is 6.07 Å². The zero-order valence-electron chi connectivity index (χ0n) is 9.29. The van der Waals surface area contributed by atoms with Crippen molar-refractivity contribution in [3.8, 4) is 0 Å². The minimum Gasteiger partial charge on any atom is -0.309 e. The Morgan fingerprint density at radius 3 is 2.87 bits per heavy atom. The lowest BCUT2D eigenvalue weighted by molar-refractivity contribution is 0.469. The first-order valence-corrected chi connectivity index (χ1v) is 6.96. The lowest BCUT2D eigenvalue weighted by Crippen LogP contribution is -2.23. The Morgan fingerprint density at radius 1 is 1.67 bits per heavy atom. The van der Waals surface area contributed by atoms with Crippen molar-refractivity contribution in [2.45, 2.75) is 32.7 Å². The summed E-state index contributed by atoms with van der Waals surface area (Å²) in [5.74, 6) is 1.66. The molecule has 3 heteroatoms. The summed E-state index contributed by atoms with van der Waals surface area (Å²) in [5.41, 5.74) is 0. The van der Waals surface area contributed by atoms with Gasteiger partial charge in [-0.15, -0.1) is 11.3 Å². The summed E-state index contributed by atoms with van der Waals surface area (Å²) in [6, 6.07) is 2.50. The molecule has 0 radical (unpaired) electrons. The van der Waals surface area contributed by atoms with Crippen molar-refractivity contribution in [1.29, 1.82) is 0 Å². The van der Waals surface area contributed by atoms with Crippen LogP contribution in [-0.4, -0.2) is 6.54 Å². The van der Waals surface area contributed by atoms with Gasteiger partial charge in [0.1, 0.15) is 0 Å². The average molecular weight is 244 g/mol. The quantitative estimate of drug-likeness (QED) is 0.821. The van der Waals surface area contributed by atoms with E-state index in [2.05, 4.69) is 24.5 Å². The fraction of sp³-hybridized carbons (Fsp3) is 0.667. The van der Waals surface area contributed by atoms with Crippen LogP contribution in [0.15, 0.2) is 11.4 Å². The third kappa shape index (κ3) is 2.55. The maximum Gasteiger partial charge on any atom is 0.0561 e. The predicted molar refractivity (Wildman–Crippen MR) is 67.6 cm³/mol. The van der Waals surface area contributed by atoms with Crippen LogP contribution in [0.1, 0.15) is 37.6 Å². The van der Waals surface area contributed by atoms with Gasteiger partial charge in [-0.2, -0.15) is 0 Å². The topological polar surface area (TPSA) is 12.0 Å². The van der Waals surface area contributed by atoms with Crippen LogP contribution in [0.2, 0.25) is 5.02 Å². The number of thiophene rings is 1. The van der Waals surface area contributed by atoms with E-state index in [0.717, 1.165) is 23.4 Å². The largest absolute Gasteiger partial charge is 0.309 e. The number of hydrogen-bond donors (Lipinski definition) is 1. The van der Waals surface area contributed by atoms with Crippen LogP contribution >= 0.6 is 22.9 Å². The van der Waals surface area contributed by atoms with E-state index in [4.69, 9.17) is 11.6 Å². The van der Waals surface area contributed by atoms with Gasteiger partial charge in [-0.1, -0.05) is 25.4 Å². The van der Waals surface area contributed by atoms with E-state index in [0.29, 0.717) is 6.04 Å². The fourth-order valence-electron chi connectivity index (χ4n) is 2.08. The van der Waals surface area contributed by atoms with Gasteiger partial charge in [0.2, 0.25) is 0 Å². The zero-order chi connectivity index (χ0) is 10.8. The van der Waals surface area contributed by atoms with Gasteiger partial charge in [0.05, 0.1) is 5.02 Å². The molecular formula is C12H18ClNS. The Morgan fingerprint density at radius 2 is 2.40 bits per heavy atom. The molecule has 84 valence electrons. The SMILES string of the molecule is CCCNC(c1sccc1Cl)C1CC1C. The molecule has 0 saturated heterocycles. The van der Waals surface area contributed by atoms with Crippen molar-refractivity contribution in [3.05, 3.63) is 21.3 Å². The molecule has 1 aromatic rings. The standard InChI is InChI=1S/C12H18ClNS/c1-3-5-14-11(9-7-8(9)2)12-10(13)4-6-15-12/h4,6,8-9,11,14H,3,5,7H2,1-2H3. The van der Waals surface area contributed by atoms with Crippen molar-refractivity contribution in [2.75, 3.05) is 6.54 Å². The van der Waals surface area contributed by atoms with Crippen molar-refractivity contribution < 1.29 is 0 Å². The molecule has 3 unspecified atom stereocenters. The summed E-state index contributed by atoms with van der Waals surface area (Å²) in [4.78, 5) is 1.33. The van der Waals surface area contributed by atoms with E-state index < -0.39 is 0 Å². The highest BCUT2D eigenvalue weighted by Crippen LogP contribution is 2.49. The highest BCUT2D eigenvalue weighted by Gasteiger charge is 2.40. The molecule has 15 heavy (non-hydrogen) atoms. The predicted octanol–water partition coefficient (Wildman–Crippen LogP) is 4.10. The van der Waals surface area contributed by atoms with E-state index >= 15 is 0 Å². The van der Waals surface area contributed by atoms with E-state index in [9.17, 15) is 0 Å². The van der Waals surface area contributed by atoms with Crippen molar-refractivity contribution >= 4 is 22.9 Å². The Bertz CT molecular complexity index is 323. The van der Waals surface area contributed by atoms with Crippen molar-refractivity contribution in [1.82, 2.24) is 5.32 Å². The van der Waals surface area contributed by atoms with Gasteiger partial charge in [0, 0.05) is 10.9 Å². The average Bonchev–Trinajstić information content (AvgIpc) is 2.77. The van der Waals surface area contributed by atoms with Crippen molar-refractivity contribution in [2.24, 2.45) is 11.8 Å². The number of hydrogen-bond acceptors (Lipinski definition) is 2. The molecule has 1 saturated carbocycles. The highest BCUT2D eigenvalue weighted by molar-refractivity contribution is 7.10. The van der Waals surface area contributed by atoms with Crippen LogP contribution in [0.3, 0.4) is 0 Å². The highest BCUT2D eigenvalue weighted by atomic mass is 35.5. The van der Waals surface area contributed by atoms with E-state index in [-0.39, 0.29) is 0 Å². The summed E-state index contributed by atoms with van der Waals surface area (Å²) in [6.07, 6.45) is 2.52. The first-order valence-electron chi connectivity index (χ1n) is 5.70. The normalized spacial score (nSPS) is 26.6. The van der Waals surface area contributed by atoms with Crippen LogP contribution in [0.4, 0.5) is 0 Å². The summed E-state index contributed by atoms with van der Waals surface area (Å²) in [5, 5.41) is 6.66. The second-order valence-electron chi connectivity index (χ2n) is 4.44. The maximum absolute atomic E-state index is 6.20. The number of rotatable bonds is 5. The lowest BCUT2D eigenvalue weighted by Gasteiger charge is -2.17. The third-order valence-corrected chi connectivity index (χ3v) is 4.58. The summed E-state index contributed by atoms with van der Waals surface area (Å²) >= 11 is 7.99. The molecule has 1 N–H and O–H groups in total. The lowest BCUT2D eigenvalue weighted by atomic mass is 10.1. The van der Waals surface area contributed by atoms with Gasteiger partial charge >= 0.3 is 0 Å². The molecule has 3 atom stereocenters. The molecule has 0 aromatic carbocycles. The van der Waals surface area contributed by atoms with Gasteiger partial charge in [0.15, 0.2) is 0 Å². The molecule has 1 heterocycles. The first-order chi connectivity index (χ1) is 7.24. The van der Waals surface area contributed by atoms with Crippen LogP contribution in [0.5, 0.6) is 0 Å². The summed E-state index contributed by atoms with van der Waals surface area (Å²) < 4.78 is 0. The zero-order valence-corrected chi connectivity index (χ0v) is 10.9. The molecule has 0 aliphatic heterocycles. The minimum absolute atomic E-state index is 0.493. The second kappa shape index (κ2) is 4.86. The van der Waals surface area contributed by atoms with Gasteiger partial charge < -0.3 is 5.32 Å². The molecular weight excluding hydrogens is 226 g/mol. The van der Waals surface area contributed by atoms with Gasteiger partial charge in [-0.05, 0) is 42.7 Å². The molecule has 0 amide bonds. The van der Waals surface area contributed by atoms with Crippen LogP contribution in [0, 0.1) is 11.8 Å². The minimum atomic E-state index is 0.493. The second-order valence-corrected chi connectivity index (χ2v) is 5.80. The van der Waals surface area contributed by atoms with Crippen molar-refractivity contribution in [3.63, 3.8) is 0 Å². The molecule has 0 spiro atoms. The van der Waals surface area contributed by atoms with E-state index in [1.165, 1.54) is 17.7 Å². The molecule has 1 fully saturated rings. The molecule has 1 nitrogen and oxygen atoms in total. The molecule has 1 aromatic heterocycles. The maximum atomic E-state index is 6.20. The van der Waals surface area contributed by atoms with Crippen LogP contribution in [0.25, 0.3) is 0 Å². The Balaban J connectivity index is 2.08. The fourth-order valence-corrected chi connectivity index (χ4v) is 3.41. The van der Waals surface area contributed by atoms with Gasteiger partial charge in [-0.25, -0.2) is 0 Å². The first kappa shape index (κ1) is 11.4.